The molecule has 1 aliphatic heterocycles. The summed E-state index contributed by atoms with van der Waals surface area (Å²) in [4.78, 5) is 15.9. The zero-order valence-electron chi connectivity index (χ0n) is 15.6. The average Bonchev–Trinajstić information content (AvgIpc) is 3.22. The summed E-state index contributed by atoms with van der Waals surface area (Å²) in [6.07, 6.45) is 2.44. The highest BCUT2D eigenvalue weighted by Crippen LogP contribution is 2.20. The molecule has 0 bridgehead atoms. The van der Waals surface area contributed by atoms with E-state index in [0.29, 0.717) is 25.1 Å². The van der Waals surface area contributed by atoms with Crippen LogP contribution in [0.2, 0.25) is 0 Å². The zero-order chi connectivity index (χ0) is 18.5. The van der Waals surface area contributed by atoms with Crippen LogP contribution in [-0.2, 0) is 22.4 Å². The molecule has 1 aliphatic rings. The molecule has 2 aromatic rings. The van der Waals surface area contributed by atoms with E-state index in [1.165, 1.54) is 12.7 Å². The summed E-state index contributed by atoms with van der Waals surface area (Å²) in [5.74, 6) is 2.24. The van der Waals surface area contributed by atoms with Crippen LogP contribution >= 0.6 is 0 Å². The first-order chi connectivity index (χ1) is 12.5. The Hall–Kier alpha value is -2.34. The number of oxazole rings is 1. The Kier molecular flexibility index (Phi) is 5.93. The van der Waals surface area contributed by atoms with Crippen LogP contribution in [0.4, 0.5) is 0 Å². The second-order valence-electron chi connectivity index (χ2n) is 6.74. The number of hydrogen-bond donors (Lipinski definition) is 1. The molecule has 26 heavy (non-hydrogen) atoms. The molecular formula is C20H26N2O4. The first-order valence-electron chi connectivity index (χ1n) is 9.01. The molecule has 6 heteroatoms. The van der Waals surface area contributed by atoms with Gasteiger partial charge in [-0.15, -0.1) is 0 Å². The van der Waals surface area contributed by atoms with Gasteiger partial charge in [-0.1, -0.05) is 12.1 Å². The third-order valence-corrected chi connectivity index (χ3v) is 4.77. The minimum absolute atomic E-state index is 0.0313. The van der Waals surface area contributed by atoms with Gasteiger partial charge >= 0.3 is 5.97 Å². The number of aromatic nitrogens is 1. The molecule has 140 valence electrons. The third kappa shape index (κ3) is 4.64. The van der Waals surface area contributed by atoms with Gasteiger partial charge in [-0.3, -0.25) is 4.79 Å². The van der Waals surface area contributed by atoms with Gasteiger partial charge in [0, 0.05) is 25.9 Å². The number of carbonyl (C=O) groups is 1. The summed E-state index contributed by atoms with van der Waals surface area (Å²) < 4.78 is 16.0. The van der Waals surface area contributed by atoms with Crippen molar-refractivity contribution < 1.29 is 18.7 Å². The Balaban J connectivity index is 1.45. The summed E-state index contributed by atoms with van der Waals surface area (Å²) >= 11 is 0. The van der Waals surface area contributed by atoms with Crippen LogP contribution < -0.4 is 10.1 Å². The molecule has 1 aromatic heterocycles. The Morgan fingerprint density at radius 1 is 1.31 bits per heavy atom. The highest BCUT2D eigenvalue weighted by atomic mass is 16.5. The standard InChI is InChI=1S/C20H26N2O4/c1-13-19(22-14(2)26-13)8-9-25-18-6-4-15(5-7-18)10-17-11-16(12-21-17)20(23)24-3/h4-7,16-17,21H,8-12H2,1-3H3/t16-,17-/m0/s1. The first-order valence-corrected chi connectivity index (χ1v) is 9.01. The minimum Gasteiger partial charge on any atom is -0.493 e. The van der Waals surface area contributed by atoms with Gasteiger partial charge in [-0.25, -0.2) is 4.98 Å². The summed E-state index contributed by atoms with van der Waals surface area (Å²) in [6, 6.07) is 8.44. The number of nitrogens with one attached hydrogen (secondary N) is 1. The zero-order valence-corrected chi connectivity index (χ0v) is 15.6. The number of ether oxygens (including phenoxy) is 2. The monoisotopic (exact) mass is 358 g/mol. The van der Waals surface area contributed by atoms with Crippen molar-refractivity contribution >= 4 is 5.97 Å². The van der Waals surface area contributed by atoms with E-state index in [0.717, 1.165) is 36.5 Å². The van der Waals surface area contributed by atoms with Crippen LogP contribution in [0, 0.1) is 19.8 Å². The molecule has 0 amide bonds. The van der Waals surface area contributed by atoms with E-state index in [2.05, 4.69) is 22.4 Å². The second-order valence-corrected chi connectivity index (χ2v) is 6.74. The first kappa shape index (κ1) is 18.5. The maximum Gasteiger partial charge on any atom is 0.310 e. The minimum atomic E-state index is -0.124. The summed E-state index contributed by atoms with van der Waals surface area (Å²) in [7, 11) is 1.44. The van der Waals surface area contributed by atoms with Crippen LogP contribution in [0.1, 0.15) is 29.3 Å². The Morgan fingerprint density at radius 2 is 2.08 bits per heavy atom. The SMILES string of the molecule is COC(=O)[C@@H]1CN[C@@H](Cc2ccc(OCCc3nc(C)oc3C)cc2)C1. The molecule has 2 heterocycles. The van der Waals surface area contributed by atoms with E-state index < -0.39 is 0 Å². The molecule has 1 aromatic carbocycles. The van der Waals surface area contributed by atoms with E-state index in [1.807, 2.05) is 26.0 Å². The highest BCUT2D eigenvalue weighted by molar-refractivity contribution is 5.73. The lowest BCUT2D eigenvalue weighted by atomic mass is 10.00. The van der Waals surface area contributed by atoms with E-state index in [9.17, 15) is 4.79 Å². The van der Waals surface area contributed by atoms with Crippen molar-refractivity contribution in [3.63, 3.8) is 0 Å². The lowest BCUT2D eigenvalue weighted by Crippen LogP contribution is -2.23. The number of rotatable bonds is 7. The molecule has 0 saturated carbocycles. The van der Waals surface area contributed by atoms with Crippen molar-refractivity contribution in [1.29, 1.82) is 0 Å². The fourth-order valence-electron chi connectivity index (χ4n) is 3.40. The number of esters is 1. The molecule has 1 saturated heterocycles. The van der Waals surface area contributed by atoms with E-state index in [-0.39, 0.29) is 11.9 Å². The molecule has 6 nitrogen and oxygen atoms in total. The second kappa shape index (κ2) is 8.36. The van der Waals surface area contributed by atoms with E-state index >= 15 is 0 Å². The quantitative estimate of drug-likeness (QED) is 0.767. The van der Waals surface area contributed by atoms with Crippen molar-refractivity contribution in [1.82, 2.24) is 10.3 Å². The number of carbonyl (C=O) groups excluding carboxylic acids is 1. The number of benzene rings is 1. The van der Waals surface area contributed by atoms with E-state index in [1.54, 1.807) is 0 Å². The van der Waals surface area contributed by atoms with Gasteiger partial charge in [0.1, 0.15) is 11.5 Å². The normalized spacial score (nSPS) is 19.5. The smallest absolute Gasteiger partial charge is 0.310 e. The van der Waals surface area contributed by atoms with Crippen LogP contribution in [0.15, 0.2) is 28.7 Å². The molecule has 2 atom stereocenters. The molecular weight excluding hydrogens is 332 g/mol. The molecule has 3 rings (SSSR count). The van der Waals surface area contributed by atoms with Crippen LogP contribution in [0.3, 0.4) is 0 Å². The number of aryl methyl sites for hydroxylation is 2. The number of methoxy groups -OCH3 is 1. The topological polar surface area (TPSA) is 73.6 Å². The van der Waals surface area contributed by atoms with Crippen molar-refractivity contribution in [2.75, 3.05) is 20.3 Å². The number of nitrogens with zero attached hydrogens (tertiary/aromatic N) is 1. The van der Waals surface area contributed by atoms with Crippen molar-refractivity contribution in [2.24, 2.45) is 5.92 Å². The van der Waals surface area contributed by atoms with Gasteiger partial charge in [0.25, 0.3) is 0 Å². The van der Waals surface area contributed by atoms with Crippen LogP contribution in [0.25, 0.3) is 0 Å². The molecule has 0 aliphatic carbocycles. The molecule has 0 unspecified atom stereocenters. The Morgan fingerprint density at radius 3 is 2.73 bits per heavy atom. The third-order valence-electron chi connectivity index (χ3n) is 4.77. The largest absolute Gasteiger partial charge is 0.493 e. The van der Waals surface area contributed by atoms with Gasteiger partial charge in [0.05, 0.1) is 25.3 Å². The van der Waals surface area contributed by atoms with Crippen molar-refractivity contribution in [3.8, 4) is 5.75 Å². The van der Waals surface area contributed by atoms with Crippen molar-refractivity contribution in [2.45, 2.75) is 39.2 Å². The average molecular weight is 358 g/mol. The van der Waals surface area contributed by atoms with Gasteiger partial charge in [0.15, 0.2) is 5.89 Å². The van der Waals surface area contributed by atoms with Crippen LogP contribution in [0.5, 0.6) is 5.75 Å². The maximum absolute atomic E-state index is 11.6. The molecule has 1 N–H and O–H groups in total. The van der Waals surface area contributed by atoms with E-state index in [4.69, 9.17) is 13.9 Å². The lowest BCUT2D eigenvalue weighted by Gasteiger charge is -2.11. The highest BCUT2D eigenvalue weighted by Gasteiger charge is 2.30. The fraction of sp³-hybridized carbons (Fsp3) is 0.500. The lowest BCUT2D eigenvalue weighted by molar-refractivity contribution is -0.144. The Bertz CT molecular complexity index is 739. The van der Waals surface area contributed by atoms with Gasteiger partial charge < -0.3 is 19.2 Å². The molecule has 1 fully saturated rings. The number of hydrogen-bond acceptors (Lipinski definition) is 6. The van der Waals surface area contributed by atoms with Crippen LogP contribution in [-0.4, -0.2) is 37.3 Å². The maximum atomic E-state index is 11.6. The van der Waals surface area contributed by atoms with Gasteiger partial charge in [-0.05, 0) is 37.5 Å². The summed E-state index contributed by atoms with van der Waals surface area (Å²) in [5.41, 5.74) is 2.18. The van der Waals surface area contributed by atoms with Gasteiger partial charge in [0.2, 0.25) is 0 Å². The predicted molar refractivity (Wildman–Crippen MR) is 97.2 cm³/mol. The Labute approximate surface area is 153 Å². The molecule has 0 spiro atoms. The fourth-order valence-corrected chi connectivity index (χ4v) is 3.40. The predicted octanol–water partition coefficient (Wildman–Crippen LogP) is 2.61. The summed E-state index contributed by atoms with van der Waals surface area (Å²) in [6.45, 7) is 5.03. The molecule has 0 radical (unpaired) electrons. The summed E-state index contributed by atoms with van der Waals surface area (Å²) in [5, 5.41) is 3.40. The van der Waals surface area contributed by atoms with Gasteiger partial charge in [-0.2, -0.15) is 0 Å². The van der Waals surface area contributed by atoms with Crippen molar-refractivity contribution in [3.05, 3.63) is 47.2 Å².